The van der Waals surface area contributed by atoms with Gasteiger partial charge in [0.1, 0.15) is 0 Å². The van der Waals surface area contributed by atoms with Gasteiger partial charge in [-0.15, -0.1) is 0 Å². The summed E-state index contributed by atoms with van der Waals surface area (Å²) in [5, 5.41) is 0. The van der Waals surface area contributed by atoms with Gasteiger partial charge in [0.2, 0.25) is 0 Å². The van der Waals surface area contributed by atoms with E-state index in [1.165, 1.54) is 11.1 Å². The molecule has 0 spiro atoms. The molecule has 1 rings (SSSR count). The van der Waals surface area contributed by atoms with Gasteiger partial charge in [-0.2, -0.15) is 0 Å². The Morgan fingerprint density at radius 2 is 1.92 bits per heavy atom. The zero-order valence-electron chi connectivity index (χ0n) is 7.55. The quantitative estimate of drug-likeness (QED) is 0.620. The molecule has 0 N–H and O–H groups in total. The van der Waals surface area contributed by atoms with E-state index in [0.717, 1.165) is 13.0 Å². The van der Waals surface area contributed by atoms with Crippen LogP contribution < -0.4 is 0 Å². The van der Waals surface area contributed by atoms with Crippen LogP contribution in [0.25, 0.3) is 0 Å². The molecule has 0 unspecified atom stereocenters. The fourth-order valence-electron chi connectivity index (χ4n) is 0.976. The topological polar surface area (TPSA) is 9.23 Å². The molecule has 0 amide bonds. The minimum absolute atomic E-state index is 0.704. The lowest BCUT2D eigenvalue weighted by Gasteiger charge is -2.02. The van der Waals surface area contributed by atoms with Crippen LogP contribution in [0.5, 0.6) is 0 Å². The van der Waals surface area contributed by atoms with Gasteiger partial charge in [-0.25, -0.2) is 0 Å². The van der Waals surface area contributed by atoms with Gasteiger partial charge in [-0.3, -0.25) is 0 Å². The standard InChI is InChI=1S/C11H15O/c1-3-8-12-9-11-6-4-10(2)5-7-11/h4-7H,1,3,8-9H2,2H3. The molecular weight excluding hydrogens is 148 g/mol. The summed E-state index contributed by atoms with van der Waals surface area (Å²) in [6, 6.07) is 8.39. The SMILES string of the molecule is [CH2]CCOCc1ccc(C)cc1. The van der Waals surface area contributed by atoms with Crippen LogP contribution in [-0.4, -0.2) is 6.61 Å². The van der Waals surface area contributed by atoms with E-state index in [0.29, 0.717) is 6.61 Å². The molecular formula is C11H15O. The maximum absolute atomic E-state index is 5.35. The highest BCUT2D eigenvalue weighted by Crippen LogP contribution is 2.04. The van der Waals surface area contributed by atoms with Gasteiger partial charge in [-0.1, -0.05) is 36.8 Å². The molecule has 1 aromatic carbocycles. The lowest BCUT2D eigenvalue weighted by Crippen LogP contribution is -1.93. The second kappa shape index (κ2) is 4.94. The maximum Gasteiger partial charge on any atom is 0.0716 e. The molecule has 1 heteroatoms. The molecule has 12 heavy (non-hydrogen) atoms. The minimum atomic E-state index is 0.704. The Hall–Kier alpha value is -0.820. The Morgan fingerprint density at radius 1 is 1.25 bits per heavy atom. The molecule has 1 aromatic rings. The molecule has 0 atom stereocenters. The first kappa shape index (κ1) is 9.27. The molecule has 0 saturated carbocycles. The van der Waals surface area contributed by atoms with Gasteiger partial charge in [-0.05, 0) is 18.9 Å². The van der Waals surface area contributed by atoms with E-state index in [2.05, 4.69) is 38.1 Å². The van der Waals surface area contributed by atoms with Crippen molar-refractivity contribution in [3.63, 3.8) is 0 Å². The zero-order valence-corrected chi connectivity index (χ0v) is 7.55. The number of ether oxygens (including phenoxy) is 1. The summed E-state index contributed by atoms with van der Waals surface area (Å²) in [7, 11) is 0. The molecule has 65 valence electrons. The first-order valence-corrected chi connectivity index (χ1v) is 4.25. The molecule has 1 radical (unpaired) electrons. The van der Waals surface area contributed by atoms with Crippen molar-refractivity contribution in [2.75, 3.05) is 6.61 Å². The molecule has 0 aromatic heterocycles. The van der Waals surface area contributed by atoms with E-state index >= 15 is 0 Å². The molecule has 0 aliphatic rings. The summed E-state index contributed by atoms with van der Waals surface area (Å²) in [6.07, 6.45) is 0.839. The first-order valence-electron chi connectivity index (χ1n) is 4.25. The van der Waals surface area contributed by atoms with Gasteiger partial charge in [0.05, 0.1) is 6.61 Å². The fourth-order valence-corrected chi connectivity index (χ4v) is 0.976. The van der Waals surface area contributed by atoms with E-state index in [-0.39, 0.29) is 0 Å². The smallest absolute Gasteiger partial charge is 0.0716 e. The van der Waals surface area contributed by atoms with Crippen LogP contribution in [0.1, 0.15) is 17.5 Å². The molecule has 0 bridgehead atoms. The lowest BCUT2D eigenvalue weighted by atomic mass is 10.2. The second-order valence-corrected chi connectivity index (χ2v) is 2.89. The number of hydrogen-bond acceptors (Lipinski definition) is 1. The van der Waals surface area contributed by atoms with E-state index < -0.39 is 0 Å². The van der Waals surface area contributed by atoms with Crippen molar-refractivity contribution < 1.29 is 4.74 Å². The Labute approximate surface area is 74.4 Å². The Morgan fingerprint density at radius 3 is 2.50 bits per heavy atom. The van der Waals surface area contributed by atoms with Crippen molar-refractivity contribution in [1.82, 2.24) is 0 Å². The Balaban J connectivity index is 2.37. The van der Waals surface area contributed by atoms with Crippen LogP contribution in [-0.2, 0) is 11.3 Å². The van der Waals surface area contributed by atoms with Gasteiger partial charge in [0, 0.05) is 6.61 Å². The predicted octanol–water partition coefficient (Wildman–Crippen LogP) is 2.74. The third kappa shape index (κ3) is 3.05. The van der Waals surface area contributed by atoms with Crippen LogP contribution in [0.4, 0.5) is 0 Å². The molecule has 0 aliphatic heterocycles. The van der Waals surface area contributed by atoms with E-state index in [4.69, 9.17) is 4.74 Å². The van der Waals surface area contributed by atoms with Crippen molar-refractivity contribution in [1.29, 1.82) is 0 Å². The number of rotatable bonds is 4. The third-order valence-corrected chi connectivity index (χ3v) is 1.68. The summed E-state index contributed by atoms with van der Waals surface area (Å²) in [6.45, 7) is 7.24. The number of benzene rings is 1. The van der Waals surface area contributed by atoms with Gasteiger partial charge < -0.3 is 4.74 Å². The van der Waals surface area contributed by atoms with Crippen molar-refractivity contribution in [2.24, 2.45) is 0 Å². The van der Waals surface area contributed by atoms with Crippen molar-refractivity contribution in [3.05, 3.63) is 42.3 Å². The summed E-state index contributed by atoms with van der Waals surface area (Å²) in [5.74, 6) is 0. The third-order valence-electron chi connectivity index (χ3n) is 1.68. The van der Waals surface area contributed by atoms with Crippen LogP contribution in [0.15, 0.2) is 24.3 Å². The predicted molar refractivity (Wildman–Crippen MR) is 50.8 cm³/mol. The minimum Gasteiger partial charge on any atom is -0.377 e. The molecule has 1 nitrogen and oxygen atoms in total. The fraction of sp³-hybridized carbons (Fsp3) is 0.364. The van der Waals surface area contributed by atoms with Gasteiger partial charge >= 0.3 is 0 Å². The molecule has 0 heterocycles. The highest BCUT2D eigenvalue weighted by Gasteiger charge is 1.91. The normalized spacial score (nSPS) is 10.2. The first-order chi connectivity index (χ1) is 5.83. The average molecular weight is 163 g/mol. The van der Waals surface area contributed by atoms with Crippen LogP contribution >= 0.6 is 0 Å². The summed E-state index contributed by atoms with van der Waals surface area (Å²) < 4.78 is 5.35. The molecule has 0 saturated heterocycles. The summed E-state index contributed by atoms with van der Waals surface area (Å²) in [5.41, 5.74) is 2.52. The maximum atomic E-state index is 5.35. The largest absolute Gasteiger partial charge is 0.377 e. The summed E-state index contributed by atoms with van der Waals surface area (Å²) >= 11 is 0. The summed E-state index contributed by atoms with van der Waals surface area (Å²) in [4.78, 5) is 0. The van der Waals surface area contributed by atoms with Crippen LogP contribution in [0.3, 0.4) is 0 Å². The van der Waals surface area contributed by atoms with Crippen molar-refractivity contribution in [2.45, 2.75) is 20.0 Å². The van der Waals surface area contributed by atoms with E-state index in [1.807, 2.05) is 0 Å². The monoisotopic (exact) mass is 163 g/mol. The molecule has 0 aliphatic carbocycles. The van der Waals surface area contributed by atoms with Gasteiger partial charge in [0.25, 0.3) is 0 Å². The van der Waals surface area contributed by atoms with Crippen molar-refractivity contribution >= 4 is 0 Å². The van der Waals surface area contributed by atoms with E-state index in [1.54, 1.807) is 0 Å². The number of aryl methyl sites for hydroxylation is 1. The van der Waals surface area contributed by atoms with Crippen LogP contribution in [0, 0.1) is 13.8 Å². The molecule has 0 fully saturated rings. The van der Waals surface area contributed by atoms with Crippen LogP contribution in [0.2, 0.25) is 0 Å². The van der Waals surface area contributed by atoms with Crippen molar-refractivity contribution in [3.8, 4) is 0 Å². The van der Waals surface area contributed by atoms with Gasteiger partial charge in [0.15, 0.2) is 0 Å². The zero-order chi connectivity index (χ0) is 8.81. The average Bonchev–Trinajstić information content (AvgIpc) is 2.09. The second-order valence-electron chi connectivity index (χ2n) is 2.89. The van der Waals surface area contributed by atoms with E-state index in [9.17, 15) is 0 Å². The Bertz CT molecular complexity index is 213. The Kier molecular flexibility index (Phi) is 3.81. The number of hydrogen-bond donors (Lipinski definition) is 0. The highest BCUT2D eigenvalue weighted by molar-refractivity contribution is 5.20. The highest BCUT2D eigenvalue weighted by atomic mass is 16.5. The lowest BCUT2D eigenvalue weighted by molar-refractivity contribution is 0.125.